The zero-order valence-electron chi connectivity index (χ0n) is 16.3. The molecule has 1 aromatic carbocycles. The molecule has 0 saturated carbocycles. The third kappa shape index (κ3) is 4.63. The Hall–Kier alpha value is -2.47. The summed E-state index contributed by atoms with van der Waals surface area (Å²) in [5.41, 5.74) is 1.12. The van der Waals surface area contributed by atoms with E-state index in [-0.39, 0.29) is 11.1 Å². The first-order valence-corrected chi connectivity index (χ1v) is 9.64. The molecule has 2 heterocycles. The van der Waals surface area contributed by atoms with Crippen molar-refractivity contribution in [2.24, 2.45) is 5.92 Å². The molecule has 1 saturated heterocycles. The van der Waals surface area contributed by atoms with Gasteiger partial charge in [-0.1, -0.05) is 18.2 Å². The number of rotatable bonds is 5. The molecule has 6 nitrogen and oxygen atoms in total. The summed E-state index contributed by atoms with van der Waals surface area (Å²) in [4.78, 5) is 27.4. The Labute approximate surface area is 160 Å². The van der Waals surface area contributed by atoms with E-state index in [9.17, 15) is 9.59 Å². The maximum atomic E-state index is 12.6. The van der Waals surface area contributed by atoms with Gasteiger partial charge in [0.2, 0.25) is 5.43 Å². The molecular formula is C21H28N4O2. The van der Waals surface area contributed by atoms with E-state index in [1.54, 1.807) is 4.68 Å². The van der Waals surface area contributed by atoms with Gasteiger partial charge < -0.3 is 10.2 Å². The van der Waals surface area contributed by atoms with Crippen LogP contribution in [0.1, 0.15) is 42.9 Å². The lowest BCUT2D eigenvalue weighted by Gasteiger charge is -2.35. The molecule has 1 amide bonds. The Kier molecular flexibility index (Phi) is 6.06. The molecule has 1 atom stereocenters. The normalized spacial score (nSPS) is 17.9. The quantitative estimate of drug-likeness (QED) is 0.880. The third-order valence-corrected chi connectivity index (χ3v) is 5.16. The van der Waals surface area contributed by atoms with Crippen LogP contribution in [0.2, 0.25) is 0 Å². The summed E-state index contributed by atoms with van der Waals surface area (Å²) < 4.78 is 1.64. The molecule has 0 radical (unpaired) electrons. The summed E-state index contributed by atoms with van der Waals surface area (Å²) in [6, 6.07) is 11.5. The molecule has 0 bridgehead atoms. The van der Waals surface area contributed by atoms with Gasteiger partial charge in [-0.2, -0.15) is 5.10 Å². The van der Waals surface area contributed by atoms with Gasteiger partial charge in [-0.05, 0) is 58.2 Å². The molecule has 144 valence electrons. The topological polar surface area (TPSA) is 67.2 Å². The number of para-hydroxylation sites is 1. The van der Waals surface area contributed by atoms with Crippen molar-refractivity contribution in [1.82, 2.24) is 20.0 Å². The second-order valence-electron chi connectivity index (χ2n) is 7.55. The predicted molar refractivity (Wildman–Crippen MR) is 106 cm³/mol. The van der Waals surface area contributed by atoms with E-state index in [0.717, 1.165) is 31.6 Å². The third-order valence-electron chi connectivity index (χ3n) is 5.16. The number of aromatic nitrogens is 2. The van der Waals surface area contributed by atoms with Gasteiger partial charge in [-0.15, -0.1) is 0 Å². The van der Waals surface area contributed by atoms with Gasteiger partial charge in [0.05, 0.1) is 5.69 Å². The number of amides is 1. The molecule has 6 heteroatoms. The van der Waals surface area contributed by atoms with Crippen molar-refractivity contribution in [3.8, 4) is 5.69 Å². The van der Waals surface area contributed by atoms with E-state index in [0.29, 0.717) is 24.2 Å². The fraction of sp³-hybridized carbons (Fsp3) is 0.476. The van der Waals surface area contributed by atoms with E-state index in [1.165, 1.54) is 6.07 Å². The van der Waals surface area contributed by atoms with Gasteiger partial charge in [0.25, 0.3) is 5.91 Å². The van der Waals surface area contributed by atoms with Crippen LogP contribution in [0.4, 0.5) is 0 Å². The molecule has 3 rings (SSSR count). The first-order valence-electron chi connectivity index (χ1n) is 9.64. The van der Waals surface area contributed by atoms with Crippen LogP contribution in [0.3, 0.4) is 0 Å². The summed E-state index contributed by atoms with van der Waals surface area (Å²) in [5, 5.41) is 7.26. The summed E-state index contributed by atoms with van der Waals surface area (Å²) in [7, 11) is 0. The minimum atomic E-state index is -0.397. The van der Waals surface area contributed by atoms with Crippen LogP contribution in [0.5, 0.6) is 0 Å². The Balaban J connectivity index is 1.72. The zero-order chi connectivity index (χ0) is 19.4. The van der Waals surface area contributed by atoms with Gasteiger partial charge >= 0.3 is 0 Å². The van der Waals surface area contributed by atoms with Gasteiger partial charge in [0, 0.05) is 30.9 Å². The average Bonchev–Trinajstić information content (AvgIpc) is 2.67. The fourth-order valence-corrected chi connectivity index (χ4v) is 3.59. The minimum Gasteiger partial charge on any atom is -0.350 e. The highest BCUT2D eigenvalue weighted by atomic mass is 16.2. The largest absolute Gasteiger partial charge is 0.350 e. The fourth-order valence-electron chi connectivity index (χ4n) is 3.59. The SMILES string of the molecule is Cc1cc(=O)c(C(=O)NC[C@H]2CCCN(C(C)C)C2)nn1-c1ccccc1. The lowest BCUT2D eigenvalue weighted by molar-refractivity contribution is 0.0915. The maximum absolute atomic E-state index is 12.6. The number of carbonyl (C=O) groups excluding carboxylic acids is 1. The van der Waals surface area contributed by atoms with E-state index in [2.05, 4.69) is 29.2 Å². The molecule has 2 aromatic rings. The maximum Gasteiger partial charge on any atom is 0.275 e. The van der Waals surface area contributed by atoms with Crippen LogP contribution in [0, 0.1) is 12.8 Å². The van der Waals surface area contributed by atoms with Gasteiger partial charge in [-0.25, -0.2) is 4.68 Å². The summed E-state index contributed by atoms with van der Waals surface area (Å²) >= 11 is 0. The molecular weight excluding hydrogens is 340 g/mol. The lowest BCUT2D eigenvalue weighted by Crippen LogP contribution is -2.44. The Morgan fingerprint density at radius 2 is 2.04 bits per heavy atom. The Morgan fingerprint density at radius 1 is 1.30 bits per heavy atom. The first-order chi connectivity index (χ1) is 13.0. The molecule has 27 heavy (non-hydrogen) atoms. The standard InChI is InChI=1S/C21H28N4O2/c1-15(2)24-11-7-8-17(14-24)13-22-21(27)20-19(26)12-16(3)25(23-20)18-9-5-4-6-10-18/h4-6,9-10,12,15,17H,7-8,11,13-14H2,1-3H3,(H,22,27)/t17-/m1/s1. The number of carbonyl (C=O) groups is 1. The van der Waals surface area contributed by atoms with Crippen LogP contribution < -0.4 is 10.7 Å². The highest BCUT2D eigenvalue weighted by Crippen LogP contribution is 2.17. The summed E-state index contributed by atoms with van der Waals surface area (Å²) in [5.74, 6) is 0.0123. The first kappa shape index (κ1) is 19.3. The van der Waals surface area contributed by atoms with Crippen molar-refractivity contribution in [3.63, 3.8) is 0 Å². The van der Waals surface area contributed by atoms with Crippen LogP contribution >= 0.6 is 0 Å². The van der Waals surface area contributed by atoms with Crippen LogP contribution in [0.15, 0.2) is 41.2 Å². The summed E-state index contributed by atoms with van der Waals surface area (Å²) in [6.45, 7) is 8.87. The number of hydrogen-bond donors (Lipinski definition) is 1. The predicted octanol–water partition coefficient (Wildman–Crippen LogP) is 2.39. The molecule has 1 aliphatic rings. The molecule has 1 aliphatic heterocycles. The van der Waals surface area contributed by atoms with Crippen LogP contribution in [-0.4, -0.2) is 46.3 Å². The van der Waals surface area contributed by atoms with Crippen molar-refractivity contribution in [3.05, 3.63) is 58.0 Å². The highest BCUT2D eigenvalue weighted by molar-refractivity contribution is 5.92. The van der Waals surface area contributed by atoms with Crippen LogP contribution in [-0.2, 0) is 0 Å². The van der Waals surface area contributed by atoms with Gasteiger partial charge in [0.15, 0.2) is 5.69 Å². The number of benzene rings is 1. The van der Waals surface area contributed by atoms with Crippen molar-refractivity contribution < 1.29 is 4.79 Å². The van der Waals surface area contributed by atoms with Crippen molar-refractivity contribution >= 4 is 5.91 Å². The van der Waals surface area contributed by atoms with E-state index < -0.39 is 5.91 Å². The Morgan fingerprint density at radius 3 is 2.74 bits per heavy atom. The number of piperidine rings is 1. The monoisotopic (exact) mass is 368 g/mol. The van der Waals surface area contributed by atoms with Crippen molar-refractivity contribution in [2.75, 3.05) is 19.6 Å². The zero-order valence-corrected chi connectivity index (χ0v) is 16.3. The van der Waals surface area contributed by atoms with E-state index >= 15 is 0 Å². The minimum absolute atomic E-state index is 0.0546. The van der Waals surface area contributed by atoms with Gasteiger partial charge in [0.1, 0.15) is 0 Å². The van der Waals surface area contributed by atoms with E-state index in [1.807, 2.05) is 37.3 Å². The second-order valence-corrected chi connectivity index (χ2v) is 7.55. The molecule has 1 aromatic heterocycles. The Bertz CT molecular complexity index is 845. The van der Waals surface area contributed by atoms with Gasteiger partial charge in [-0.3, -0.25) is 9.59 Å². The molecule has 0 aliphatic carbocycles. The number of likely N-dealkylation sites (tertiary alicyclic amines) is 1. The number of hydrogen-bond acceptors (Lipinski definition) is 4. The number of nitrogens with zero attached hydrogens (tertiary/aromatic N) is 3. The smallest absolute Gasteiger partial charge is 0.275 e. The number of aryl methyl sites for hydroxylation is 1. The molecule has 1 fully saturated rings. The average molecular weight is 368 g/mol. The van der Waals surface area contributed by atoms with Crippen LogP contribution in [0.25, 0.3) is 5.69 Å². The molecule has 0 unspecified atom stereocenters. The van der Waals surface area contributed by atoms with Crippen molar-refractivity contribution in [1.29, 1.82) is 0 Å². The molecule has 0 spiro atoms. The highest BCUT2D eigenvalue weighted by Gasteiger charge is 2.23. The summed E-state index contributed by atoms with van der Waals surface area (Å²) in [6.07, 6.45) is 2.24. The second kappa shape index (κ2) is 8.48. The van der Waals surface area contributed by atoms with E-state index in [4.69, 9.17) is 0 Å². The van der Waals surface area contributed by atoms with Crippen molar-refractivity contribution in [2.45, 2.75) is 39.7 Å². The molecule has 1 N–H and O–H groups in total. The number of nitrogens with one attached hydrogen (secondary N) is 1. The lowest BCUT2D eigenvalue weighted by atomic mass is 9.97.